The first-order valence-corrected chi connectivity index (χ1v) is 14.9. The molecule has 9 nitrogen and oxygen atoms in total. The highest BCUT2D eigenvalue weighted by atomic mass is 79.9. The molecule has 1 fully saturated rings. The van der Waals surface area contributed by atoms with Gasteiger partial charge in [-0.15, -0.1) is 0 Å². The van der Waals surface area contributed by atoms with E-state index >= 15 is 0 Å². The number of carbonyl (C=O) groups is 2. The van der Waals surface area contributed by atoms with Crippen LogP contribution in [0.15, 0.2) is 74.4 Å². The lowest BCUT2D eigenvalue weighted by atomic mass is 10.1. The van der Waals surface area contributed by atoms with Gasteiger partial charge in [0, 0.05) is 40.2 Å². The average molecular weight is 641 g/mol. The maximum absolute atomic E-state index is 13.0. The molecule has 3 heterocycles. The number of carbonyl (C=O) groups excluding carboxylic acids is 2. The number of halogens is 1. The first-order valence-electron chi connectivity index (χ1n) is 13.3. The predicted octanol–water partition coefficient (Wildman–Crippen LogP) is 5.85. The van der Waals surface area contributed by atoms with Crippen LogP contribution in [0, 0.1) is 0 Å². The average Bonchev–Trinajstić information content (AvgIpc) is 3.46. The molecular formula is C30H30BrN3O6S. The summed E-state index contributed by atoms with van der Waals surface area (Å²) in [7, 11) is 0. The summed E-state index contributed by atoms with van der Waals surface area (Å²) in [5.41, 5.74) is 2.29. The second kappa shape index (κ2) is 13.0. The first-order chi connectivity index (χ1) is 19.9. The van der Waals surface area contributed by atoms with Gasteiger partial charge in [-0.1, -0.05) is 27.7 Å². The Morgan fingerprint density at radius 1 is 1.12 bits per heavy atom. The van der Waals surface area contributed by atoms with Gasteiger partial charge in [0.05, 0.1) is 37.0 Å². The van der Waals surface area contributed by atoms with Crippen molar-refractivity contribution < 1.29 is 28.9 Å². The van der Waals surface area contributed by atoms with Crippen LogP contribution in [0.25, 0.3) is 17.0 Å². The fourth-order valence-electron chi connectivity index (χ4n) is 4.64. The number of aliphatic imine (C=N–C) groups is 1. The number of morpholine rings is 1. The Morgan fingerprint density at radius 2 is 1.88 bits per heavy atom. The van der Waals surface area contributed by atoms with E-state index in [1.807, 2.05) is 46.9 Å². The van der Waals surface area contributed by atoms with Gasteiger partial charge < -0.3 is 28.8 Å². The van der Waals surface area contributed by atoms with Crippen molar-refractivity contribution in [2.75, 3.05) is 39.5 Å². The summed E-state index contributed by atoms with van der Waals surface area (Å²) in [4.78, 5) is 32.8. The molecule has 41 heavy (non-hydrogen) atoms. The minimum Gasteiger partial charge on any atom is -0.506 e. The number of hydrogen-bond acceptors (Lipinski definition) is 8. The number of nitrogens with zero attached hydrogens (tertiary/aromatic N) is 3. The molecule has 0 atom stereocenters. The summed E-state index contributed by atoms with van der Waals surface area (Å²) in [6, 6.07) is 13.0. The van der Waals surface area contributed by atoms with Gasteiger partial charge in [0.1, 0.15) is 28.7 Å². The van der Waals surface area contributed by atoms with Gasteiger partial charge in [0.15, 0.2) is 0 Å². The molecule has 0 bridgehead atoms. The summed E-state index contributed by atoms with van der Waals surface area (Å²) in [6.45, 7) is 6.73. The largest absolute Gasteiger partial charge is 0.506 e. The van der Waals surface area contributed by atoms with E-state index in [2.05, 4.69) is 20.9 Å². The van der Waals surface area contributed by atoms with Crippen LogP contribution in [0.1, 0.15) is 19.4 Å². The molecule has 1 saturated heterocycles. The van der Waals surface area contributed by atoms with Crippen LogP contribution in [0.3, 0.4) is 0 Å². The minimum absolute atomic E-state index is 0.0136. The van der Waals surface area contributed by atoms with E-state index in [9.17, 15) is 14.7 Å². The third kappa shape index (κ3) is 6.52. The normalized spacial score (nSPS) is 17.6. The first kappa shape index (κ1) is 29.0. The minimum atomic E-state index is -0.646. The zero-order chi connectivity index (χ0) is 28.9. The maximum atomic E-state index is 13.0. The molecule has 5 rings (SSSR count). The quantitative estimate of drug-likeness (QED) is 0.308. The van der Waals surface area contributed by atoms with Gasteiger partial charge >= 0.3 is 5.97 Å². The number of ether oxygens (including phenoxy) is 3. The molecule has 3 aromatic rings. The SMILES string of the molecule is CCOC(=O)C1=C(O)/C(=C/c2cn(CC(=O)N3CCOCC3)c3ccc(Br)cc23)SC1=Nc1ccc(OCC)cc1. The van der Waals surface area contributed by atoms with Crippen LogP contribution in [0.4, 0.5) is 5.69 Å². The van der Waals surface area contributed by atoms with Gasteiger partial charge in [-0.05, 0) is 62.4 Å². The van der Waals surface area contributed by atoms with Crippen LogP contribution < -0.4 is 4.74 Å². The van der Waals surface area contributed by atoms with E-state index in [4.69, 9.17) is 14.2 Å². The number of hydrogen-bond donors (Lipinski definition) is 1. The zero-order valence-electron chi connectivity index (χ0n) is 22.8. The molecule has 0 radical (unpaired) electrons. The van der Waals surface area contributed by atoms with Crippen molar-refractivity contribution >= 4 is 67.3 Å². The molecule has 1 N–H and O–H groups in total. The number of rotatable bonds is 8. The lowest BCUT2D eigenvalue weighted by molar-refractivity contribution is -0.138. The van der Waals surface area contributed by atoms with E-state index in [1.165, 1.54) is 11.8 Å². The summed E-state index contributed by atoms with van der Waals surface area (Å²) in [5, 5.41) is 12.4. The second-order valence-corrected chi connectivity index (χ2v) is 11.2. The number of amides is 1. The summed E-state index contributed by atoms with van der Waals surface area (Å²) in [6.07, 6.45) is 3.70. The van der Waals surface area contributed by atoms with E-state index < -0.39 is 5.97 Å². The Bertz CT molecular complexity index is 1550. The van der Waals surface area contributed by atoms with Crippen molar-refractivity contribution in [1.29, 1.82) is 0 Å². The third-order valence-corrected chi connectivity index (χ3v) is 8.09. The van der Waals surface area contributed by atoms with Gasteiger partial charge in [0.25, 0.3) is 0 Å². The Morgan fingerprint density at radius 3 is 2.59 bits per heavy atom. The second-order valence-electron chi connectivity index (χ2n) is 9.27. The Balaban J connectivity index is 1.51. The van der Waals surface area contributed by atoms with Crippen LogP contribution >= 0.6 is 27.7 Å². The molecule has 214 valence electrons. The van der Waals surface area contributed by atoms with Crippen LogP contribution in [-0.2, 0) is 25.6 Å². The smallest absolute Gasteiger partial charge is 0.344 e. The highest BCUT2D eigenvalue weighted by Gasteiger charge is 2.33. The summed E-state index contributed by atoms with van der Waals surface area (Å²) >= 11 is 4.74. The van der Waals surface area contributed by atoms with Crippen LogP contribution in [0.2, 0.25) is 0 Å². The molecule has 0 aliphatic carbocycles. The molecule has 2 aromatic carbocycles. The Kier molecular flexibility index (Phi) is 9.16. The van der Waals surface area contributed by atoms with Gasteiger partial charge in [0.2, 0.25) is 5.91 Å². The van der Waals surface area contributed by atoms with E-state index in [-0.39, 0.29) is 30.4 Å². The maximum Gasteiger partial charge on any atom is 0.344 e. The Labute approximate surface area is 250 Å². The highest BCUT2D eigenvalue weighted by Crippen LogP contribution is 2.41. The molecule has 0 spiro atoms. The van der Waals surface area contributed by atoms with Gasteiger partial charge in [-0.25, -0.2) is 9.79 Å². The topological polar surface area (TPSA) is 103 Å². The lowest BCUT2D eigenvalue weighted by Gasteiger charge is -2.27. The van der Waals surface area contributed by atoms with Crippen molar-refractivity contribution in [2.45, 2.75) is 20.4 Å². The van der Waals surface area contributed by atoms with Crippen molar-refractivity contribution in [2.24, 2.45) is 4.99 Å². The highest BCUT2D eigenvalue weighted by molar-refractivity contribution is 9.10. The van der Waals surface area contributed by atoms with Crippen LogP contribution in [-0.4, -0.2) is 71.0 Å². The number of fused-ring (bicyclic) bond motifs is 1. The number of aromatic nitrogens is 1. The van der Waals surface area contributed by atoms with Crippen molar-refractivity contribution in [3.63, 3.8) is 0 Å². The van der Waals surface area contributed by atoms with Crippen molar-refractivity contribution in [1.82, 2.24) is 9.47 Å². The molecule has 11 heteroatoms. The summed E-state index contributed by atoms with van der Waals surface area (Å²) < 4.78 is 18.9. The van der Waals surface area contributed by atoms with Gasteiger partial charge in [-0.2, -0.15) is 0 Å². The summed E-state index contributed by atoms with van der Waals surface area (Å²) in [5.74, 6) is -0.111. The molecular weight excluding hydrogens is 610 g/mol. The molecule has 1 amide bonds. The van der Waals surface area contributed by atoms with E-state index in [1.54, 1.807) is 31.2 Å². The molecule has 0 unspecified atom stereocenters. The van der Waals surface area contributed by atoms with Crippen molar-refractivity contribution in [3.8, 4) is 5.75 Å². The molecule has 2 aliphatic heterocycles. The molecule has 2 aliphatic rings. The van der Waals surface area contributed by atoms with E-state index in [0.717, 1.165) is 26.7 Å². The number of esters is 1. The number of benzene rings is 2. The monoisotopic (exact) mass is 639 g/mol. The van der Waals surface area contributed by atoms with E-state index in [0.29, 0.717) is 48.5 Å². The third-order valence-electron chi connectivity index (χ3n) is 6.58. The Hall–Kier alpha value is -3.54. The lowest BCUT2D eigenvalue weighted by Crippen LogP contribution is -2.42. The molecule has 0 saturated carbocycles. The predicted molar refractivity (Wildman–Crippen MR) is 164 cm³/mol. The zero-order valence-corrected chi connectivity index (χ0v) is 25.2. The fourth-order valence-corrected chi connectivity index (χ4v) is 6.02. The number of thioether (sulfide) groups is 1. The van der Waals surface area contributed by atoms with Gasteiger partial charge in [-0.3, -0.25) is 4.79 Å². The molecule has 1 aromatic heterocycles. The number of aliphatic hydroxyl groups is 1. The fraction of sp³-hybridized carbons (Fsp3) is 0.300. The van der Waals surface area contributed by atoms with Crippen LogP contribution in [0.5, 0.6) is 5.75 Å². The standard InChI is InChI=1S/C30H30BrN3O6S/c1-3-39-22-8-6-21(7-9-22)32-29-27(30(37)40-4-2)28(36)25(41-29)15-19-17-34(24-10-5-20(31)16-23(19)24)18-26(35)33-11-13-38-14-12-33/h5-10,15-17,36H,3-4,11-14,18H2,1-2H3/b25-15-,32-29?. The van der Waals surface area contributed by atoms with Crippen molar-refractivity contribution in [3.05, 3.63) is 74.9 Å². The number of aliphatic hydroxyl groups excluding tert-OH is 1.